The van der Waals surface area contributed by atoms with E-state index in [2.05, 4.69) is 15.0 Å². The molecule has 0 spiro atoms. The Kier molecular flexibility index (Phi) is 6.55. The van der Waals surface area contributed by atoms with Crippen LogP contribution in [0.4, 0.5) is 0 Å². The maximum atomic E-state index is 13.2. The number of rotatable bonds is 6. The highest BCUT2D eigenvalue weighted by Crippen LogP contribution is 2.24. The minimum absolute atomic E-state index is 0.0857. The summed E-state index contributed by atoms with van der Waals surface area (Å²) < 4.78 is 32.5. The van der Waals surface area contributed by atoms with Gasteiger partial charge in [0.15, 0.2) is 5.76 Å². The number of benzene rings is 1. The molecule has 2 amide bonds. The molecule has 0 saturated carbocycles. The Morgan fingerprint density at radius 3 is 2.61 bits per heavy atom. The van der Waals surface area contributed by atoms with Crippen LogP contribution in [0.1, 0.15) is 49.2 Å². The Balaban J connectivity index is 1.44. The molecule has 0 aliphatic carbocycles. The van der Waals surface area contributed by atoms with Crippen LogP contribution in [-0.4, -0.2) is 56.1 Å². The first-order valence-corrected chi connectivity index (χ1v) is 12.6. The average molecular weight is 473 g/mol. The van der Waals surface area contributed by atoms with Gasteiger partial charge in [0.1, 0.15) is 11.9 Å². The fourth-order valence-corrected chi connectivity index (χ4v) is 5.35. The lowest BCUT2D eigenvalue weighted by atomic mass is 9.97. The Labute approximate surface area is 193 Å². The van der Waals surface area contributed by atoms with E-state index < -0.39 is 16.1 Å². The molecule has 0 bridgehead atoms. The van der Waals surface area contributed by atoms with E-state index in [4.69, 9.17) is 4.42 Å². The molecular weight excluding hydrogens is 444 g/mol. The van der Waals surface area contributed by atoms with Gasteiger partial charge >= 0.3 is 0 Å². The lowest BCUT2D eigenvalue weighted by Gasteiger charge is -2.32. The number of likely N-dealkylation sites (tertiary alicyclic amines) is 1. The molecule has 2 aromatic rings. The van der Waals surface area contributed by atoms with Gasteiger partial charge in [0.2, 0.25) is 5.91 Å². The van der Waals surface area contributed by atoms with Gasteiger partial charge in [-0.3, -0.25) is 19.3 Å². The molecule has 0 radical (unpaired) electrons. The number of hydrogen-bond donors (Lipinski definition) is 2. The topological polar surface area (TPSA) is 121 Å². The lowest BCUT2D eigenvalue weighted by Crippen LogP contribution is -2.49. The van der Waals surface area contributed by atoms with Crippen LogP contribution in [0.25, 0.3) is 0 Å². The summed E-state index contributed by atoms with van der Waals surface area (Å²) in [6.07, 6.45) is 3.42. The maximum absolute atomic E-state index is 13.2. The van der Waals surface area contributed by atoms with Crippen LogP contribution in [0.3, 0.4) is 0 Å². The smallest absolute Gasteiger partial charge is 0.289 e. The molecule has 1 aromatic heterocycles. The van der Waals surface area contributed by atoms with Gasteiger partial charge in [-0.2, -0.15) is 0 Å². The number of amidine groups is 1. The fourth-order valence-electron chi connectivity index (χ4n) is 4.11. The van der Waals surface area contributed by atoms with Crippen LogP contribution in [0, 0.1) is 5.92 Å². The highest BCUT2D eigenvalue weighted by molar-refractivity contribution is 7.90. The third kappa shape index (κ3) is 4.80. The van der Waals surface area contributed by atoms with Crippen molar-refractivity contribution in [1.29, 1.82) is 0 Å². The number of amides is 2. The van der Waals surface area contributed by atoms with E-state index in [9.17, 15) is 18.0 Å². The average Bonchev–Trinajstić information content (AvgIpc) is 3.44. The summed E-state index contributed by atoms with van der Waals surface area (Å²) in [4.78, 5) is 32.1. The second-order valence-corrected chi connectivity index (χ2v) is 10.1. The van der Waals surface area contributed by atoms with Crippen LogP contribution in [0.15, 0.2) is 57.0 Å². The summed E-state index contributed by atoms with van der Waals surface area (Å²) in [6, 6.07) is 9.11. The molecule has 2 atom stereocenters. The molecule has 176 valence electrons. The molecule has 4 rings (SSSR count). The highest BCUT2D eigenvalue weighted by atomic mass is 32.2. The minimum atomic E-state index is -3.68. The van der Waals surface area contributed by atoms with Crippen molar-refractivity contribution < 1.29 is 22.4 Å². The molecule has 2 aliphatic heterocycles. The summed E-state index contributed by atoms with van der Waals surface area (Å²) >= 11 is 0. The molecule has 2 N–H and O–H groups in total. The van der Waals surface area contributed by atoms with Crippen molar-refractivity contribution in [3.8, 4) is 0 Å². The quantitative estimate of drug-likeness (QED) is 0.667. The third-order valence-electron chi connectivity index (χ3n) is 6.24. The summed E-state index contributed by atoms with van der Waals surface area (Å²) in [6.45, 7) is 4.92. The highest BCUT2D eigenvalue weighted by Gasteiger charge is 2.34. The Bertz CT molecular complexity index is 1150. The standard InChI is InChI=1S/C23H28N4O5S/c1-3-15(2)20(25-21-17-7-4-5-9-19(17)33(30,31)26-21)22(28)24-16-10-12-27(13-11-16)23(29)18-8-6-14-32-18/h4-9,14-16,20H,3,10-13H2,1-2H3,(H,24,28)(H,25,26)/t15-,20-/m0/s1. The summed E-state index contributed by atoms with van der Waals surface area (Å²) in [5.74, 6) is 0.0295. The number of carbonyl (C=O) groups is 2. The zero-order chi connectivity index (χ0) is 23.6. The van der Waals surface area contributed by atoms with Gasteiger partial charge in [0, 0.05) is 24.7 Å². The van der Waals surface area contributed by atoms with Crippen LogP contribution in [0.2, 0.25) is 0 Å². The van der Waals surface area contributed by atoms with E-state index in [0.717, 1.165) is 0 Å². The van der Waals surface area contributed by atoms with Crippen molar-refractivity contribution in [3.63, 3.8) is 0 Å². The van der Waals surface area contributed by atoms with Gasteiger partial charge < -0.3 is 14.6 Å². The van der Waals surface area contributed by atoms with E-state index in [1.54, 1.807) is 35.2 Å². The molecule has 0 unspecified atom stereocenters. The molecule has 1 saturated heterocycles. The SMILES string of the molecule is CC[C@H](C)[C@H](N=C1NS(=O)(=O)c2ccccc21)C(=O)NC1CCN(C(=O)c2ccco2)CC1. The number of aliphatic imine (C=N–C) groups is 1. The van der Waals surface area contributed by atoms with Crippen LogP contribution < -0.4 is 10.0 Å². The van der Waals surface area contributed by atoms with Gasteiger partial charge in [0.25, 0.3) is 15.9 Å². The summed E-state index contributed by atoms with van der Waals surface area (Å²) in [5.41, 5.74) is 0.475. The van der Waals surface area contributed by atoms with Gasteiger partial charge in [-0.15, -0.1) is 0 Å². The van der Waals surface area contributed by atoms with Crippen molar-refractivity contribution in [1.82, 2.24) is 14.9 Å². The Morgan fingerprint density at radius 1 is 1.21 bits per heavy atom. The molecule has 1 aromatic carbocycles. The monoisotopic (exact) mass is 472 g/mol. The number of nitrogens with one attached hydrogen (secondary N) is 2. The summed E-state index contributed by atoms with van der Waals surface area (Å²) in [7, 11) is -3.68. The number of sulfonamides is 1. The predicted molar refractivity (Wildman–Crippen MR) is 122 cm³/mol. The van der Waals surface area contributed by atoms with E-state index in [1.807, 2.05) is 13.8 Å². The first-order chi connectivity index (χ1) is 15.8. The number of carbonyl (C=O) groups excluding carboxylic acids is 2. The maximum Gasteiger partial charge on any atom is 0.289 e. The van der Waals surface area contributed by atoms with Crippen molar-refractivity contribution >= 4 is 27.7 Å². The number of furan rings is 1. The third-order valence-corrected chi connectivity index (χ3v) is 7.64. The van der Waals surface area contributed by atoms with Crippen molar-refractivity contribution in [2.45, 2.75) is 50.1 Å². The van der Waals surface area contributed by atoms with Crippen molar-refractivity contribution in [2.24, 2.45) is 10.9 Å². The molecule has 3 heterocycles. The first kappa shape index (κ1) is 23.0. The van der Waals surface area contributed by atoms with Gasteiger partial charge in [-0.1, -0.05) is 32.4 Å². The van der Waals surface area contributed by atoms with Crippen molar-refractivity contribution in [2.75, 3.05) is 13.1 Å². The lowest BCUT2D eigenvalue weighted by molar-refractivity contribution is -0.124. The van der Waals surface area contributed by atoms with E-state index in [-0.39, 0.29) is 34.5 Å². The number of fused-ring (bicyclic) bond motifs is 1. The zero-order valence-electron chi connectivity index (χ0n) is 18.7. The number of nitrogens with zero attached hydrogens (tertiary/aromatic N) is 2. The molecule has 1 fully saturated rings. The fraction of sp³-hybridized carbons (Fsp3) is 0.435. The van der Waals surface area contributed by atoms with Crippen LogP contribution in [-0.2, 0) is 14.8 Å². The van der Waals surface area contributed by atoms with E-state index >= 15 is 0 Å². The molecule has 10 heteroatoms. The largest absolute Gasteiger partial charge is 0.459 e. The summed E-state index contributed by atoms with van der Waals surface area (Å²) in [5, 5.41) is 3.06. The van der Waals surface area contributed by atoms with Gasteiger partial charge in [-0.25, -0.2) is 8.42 Å². The predicted octanol–water partition coefficient (Wildman–Crippen LogP) is 2.15. The van der Waals surface area contributed by atoms with Crippen LogP contribution >= 0.6 is 0 Å². The van der Waals surface area contributed by atoms with Gasteiger partial charge in [-0.05, 0) is 43.0 Å². The Hall–Kier alpha value is -3.14. The first-order valence-electron chi connectivity index (χ1n) is 11.1. The molecule has 9 nitrogen and oxygen atoms in total. The second kappa shape index (κ2) is 9.38. The van der Waals surface area contributed by atoms with Crippen LogP contribution in [0.5, 0.6) is 0 Å². The zero-order valence-corrected chi connectivity index (χ0v) is 19.5. The normalized spacial score (nSPS) is 20.7. The molecule has 33 heavy (non-hydrogen) atoms. The molecular formula is C23H28N4O5S. The van der Waals surface area contributed by atoms with Gasteiger partial charge in [0.05, 0.1) is 11.2 Å². The Morgan fingerprint density at radius 2 is 1.94 bits per heavy atom. The minimum Gasteiger partial charge on any atom is -0.459 e. The number of piperidine rings is 1. The molecule has 2 aliphatic rings. The second-order valence-electron chi connectivity index (χ2n) is 8.46. The number of hydrogen-bond acceptors (Lipinski definition) is 6. The van der Waals surface area contributed by atoms with E-state index in [0.29, 0.717) is 43.7 Å². The van der Waals surface area contributed by atoms with E-state index in [1.165, 1.54) is 12.3 Å². The van der Waals surface area contributed by atoms with Crippen molar-refractivity contribution in [3.05, 3.63) is 54.0 Å².